The van der Waals surface area contributed by atoms with Crippen molar-refractivity contribution in [2.45, 2.75) is 16.7 Å². The molecule has 0 radical (unpaired) electrons. The van der Waals surface area contributed by atoms with Crippen LogP contribution in [0.1, 0.15) is 16.6 Å². The van der Waals surface area contributed by atoms with Gasteiger partial charge < -0.3 is 27.1 Å². The highest BCUT2D eigenvalue weighted by molar-refractivity contribution is 8.00. The van der Waals surface area contributed by atoms with Crippen molar-refractivity contribution in [2.24, 2.45) is 5.16 Å². The minimum Gasteiger partial charge on any atom is -0.477 e. The zero-order chi connectivity index (χ0) is 25.7. The Labute approximate surface area is 213 Å². The van der Waals surface area contributed by atoms with E-state index in [1.54, 1.807) is 0 Å². The average Bonchev–Trinajstić information content (AvgIpc) is 3.50. The molecule has 2 aliphatic rings. The summed E-state index contributed by atoms with van der Waals surface area (Å²) in [5.74, 6) is -2.71. The van der Waals surface area contributed by atoms with Gasteiger partial charge in [-0.15, -0.1) is 32.8 Å². The number of nitrogens with one attached hydrogen (secondary N) is 1. The van der Waals surface area contributed by atoms with E-state index < -0.39 is 40.2 Å². The van der Waals surface area contributed by atoms with E-state index in [1.165, 1.54) is 23.2 Å². The van der Waals surface area contributed by atoms with Crippen molar-refractivity contribution in [1.82, 2.24) is 40.5 Å². The van der Waals surface area contributed by atoms with Gasteiger partial charge in [0, 0.05) is 11.1 Å². The molecule has 16 nitrogen and oxygen atoms in total. The fourth-order valence-corrected chi connectivity index (χ4v) is 6.17. The first-order valence-corrected chi connectivity index (χ1v) is 12.3. The summed E-state index contributed by atoms with van der Waals surface area (Å²) >= 11 is 6.82. The first-order valence-electron chi connectivity index (χ1n) is 9.89. The first kappa shape index (κ1) is 23.8. The second kappa shape index (κ2) is 8.91. The number of hydrogen-bond acceptors (Lipinski definition) is 15. The van der Waals surface area contributed by atoms with Gasteiger partial charge in [0.25, 0.3) is 11.8 Å². The fraction of sp³-hybridized carbons (Fsp3) is 0.235. The number of anilines is 2. The largest absolute Gasteiger partial charge is 0.477 e. The molecule has 3 atom stereocenters. The second-order valence-electron chi connectivity index (χ2n) is 7.48. The highest BCUT2D eigenvalue weighted by Gasteiger charge is 2.55. The van der Waals surface area contributed by atoms with Crippen LogP contribution >= 0.6 is 35.7 Å². The Bertz CT molecular complexity index is 1480. The molecular weight excluding hydrogens is 534 g/mol. The van der Waals surface area contributed by atoms with E-state index in [0.29, 0.717) is 5.57 Å². The third-order valence-electron chi connectivity index (χ3n) is 5.40. The number of carboxylic acid groups (broad SMARTS) is 1. The number of tetrazole rings is 1. The van der Waals surface area contributed by atoms with Gasteiger partial charge in [-0.3, -0.25) is 14.5 Å². The molecule has 0 bridgehead atoms. The number of hydrogen-bond donors (Lipinski definition) is 6. The minimum absolute atomic E-state index is 0.0371. The van der Waals surface area contributed by atoms with E-state index in [-0.39, 0.29) is 39.3 Å². The van der Waals surface area contributed by atoms with Crippen LogP contribution in [0.15, 0.2) is 27.9 Å². The Morgan fingerprint density at radius 2 is 2.14 bits per heavy atom. The van der Waals surface area contributed by atoms with E-state index in [0.717, 1.165) is 20.9 Å². The van der Waals surface area contributed by atoms with Crippen LogP contribution in [0.25, 0.3) is 5.65 Å². The lowest BCUT2D eigenvalue weighted by atomic mass is 10.00. The number of thiol groups is 1. The van der Waals surface area contributed by atoms with Crippen molar-refractivity contribution in [3.63, 3.8) is 0 Å². The molecule has 19 heteroatoms. The zero-order valence-corrected chi connectivity index (χ0v) is 20.2. The third kappa shape index (κ3) is 3.76. The molecule has 186 valence electrons. The van der Waals surface area contributed by atoms with Crippen LogP contribution in [0, 0.1) is 0 Å². The quantitative estimate of drug-likeness (QED) is 0.0691. The van der Waals surface area contributed by atoms with E-state index >= 15 is 0 Å². The van der Waals surface area contributed by atoms with E-state index in [4.69, 9.17) is 11.5 Å². The molecule has 36 heavy (non-hydrogen) atoms. The third-order valence-corrected chi connectivity index (χ3v) is 7.95. The molecule has 0 saturated carbocycles. The Hall–Kier alpha value is -3.97. The zero-order valence-electron chi connectivity index (χ0n) is 17.7. The van der Waals surface area contributed by atoms with Gasteiger partial charge in [-0.25, -0.2) is 9.78 Å². The lowest BCUT2D eigenvalue weighted by Gasteiger charge is -2.49. The predicted octanol–water partition coefficient (Wildman–Crippen LogP) is -1.27. The summed E-state index contributed by atoms with van der Waals surface area (Å²) in [5, 5.41) is 39.9. The van der Waals surface area contributed by atoms with Crippen molar-refractivity contribution in [2.75, 3.05) is 17.2 Å². The summed E-state index contributed by atoms with van der Waals surface area (Å²) in [6.45, 7) is 0. The molecule has 3 aromatic rings. The van der Waals surface area contributed by atoms with Gasteiger partial charge in [0.1, 0.15) is 22.8 Å². The number of carboxylic acids is 1. The smallest absolute Gasteiger partial charge is 0.352 e. The first-order chi connectivity index (χ1) is 17.2. The Morgan fingerprint density at radius 3 is 2.81 bits per heavy atom. The SMILES string of the molecule is Nc1nc(/C(=N\O)C(=O)NC2C(=O)N3C(C(=O)O)=C(C(S)c4cc(N)c5nnnn5n4)CSC23)cs1. The van der Waals surface area contributed by atoms with Crippen LogP contribution in [-0.4, -0.2) is 86.1 Å². The summed E-state index contributed by atoms with van der Waals surface area (Å²) in [4.78, 5) is 42.8. The number of carbonyl (C=O) groups excluding carboxylic acids is 2. The van der Waals surface area contributed by atoms with Gasteiger partial charge in [-0.2, -0.15) is 17.7 Å². The molecule has 1 saturated heterocycles. The maximum atomic E-state index is 13.0. The Balaban J connectivity index is 1.40. The topological polar surface area (TPSA) is 240 Å². The summed E-state index contributed by atoms with van der Waals surface area (Å²) in [6, 6.07) is 0.421. The number of amides is 2. The van der Waals surface area contributed by atoms with E-state index in [9.17, 15) is 24.7 Å². The van der Waals surface area contributed by atoms with Gasteiger partial charge in [0.2, 0.25) is 5.65 Å². The van der Waals surface area contributed by atoms with Crippen LogP contribution < -0.4 is 16.8 Å². The summed E-state index contributed by atoms with van der Waals surface area (Å²) in [6.07, 6.45) is 0. The number of β-lactam (4-membered cyclic amide) rings is 1. The molecule has 5 heterocycles. The molecule has 0 aromatic carbocycles. The number of fused-ring (bicyclic) bond motifs is 2. The number of nitrogens with two attached hydrogens (primary N) is 2. The minimum atomic E-state index is -1.35. The highest BCUT2D eigenvalue weighted by Crippen LogP contribution is 2.45. The molecule has 0 spiro atoms. The van der Waals surface area contributed by atoms with Crippen LogP contribution in [0.2, 0.25) is 0 Å². The number of oxime groups is 1. The van der Waals surface area contributed by atoms with Crippen molar-refractivity contribution in [3.05, 3.63) is 34.1 Å². The average molecular weight is 550 g/mol. The van der Waals surface area contributed by atoms with Gasteiger partial charge >= 0.3 is 5.97 Å². The number of thiazole rings is 1. The highest BCUT2D eigenvalue weighted by atomic mass is 32.2. The molecule has 2 amide bonds. The number of aromatic nitrogens is 6. The van der Waals surface area contributed by atoms with E-state index in [1.807, 2.05) is 0 Å². The predicted molar refractivity (Wildman–Crippen MR) is 129 cm³/mol. The van der Waals surface area contributed by atoms with Crippen molar-refractivity contribution < 1.29 is 24.7 Å². The second-order valence-corrected chi connectivity index (χ2v) is 9.99. The van der Waals surface area contributed by atoms with Crippen molar-refractivity contribution in [1.29, 1.82) is 0 Å². The molecule has 2 aliphatic heterocycles. The van der Waals surface area contributed by atoms with Crippen LogP contribution in [0.3, 0.4) is 0 Å². The lowest BCUT2D eigenvalue weighted by molar-refractivity contribution is -0.150. The summed E-state index contributed by atoms with van der Waals surface area (Å²) in [7, 11) is 0. The maximum absolute atomic E-state index is 13.0. The van der Waals surface area contributed by atoms with E-state index in [2.05, 4.69) is 48.7 Å². The van der Waals surface area contributed by atoms with Crippen molar-refractivity contribution in [3.8, 4) is 0 Å². The molecule has 5 rings (SSSR count). The number of nitrogen functional groups attached to an aromatic ring is 2. The summed E-state index contributed by atoms with van der Waals surface area (Å²) in [5.41, 5.74) is 11.9. The standard InChI is InChI=1S/C17H15N11O5S3/c18-5-1-6(23-28-12(5)22-25-26-28)11(34)4-2-35-15-9(14(30)27(15)10(4)16(31)32)21-13(29)8(24-33)7-3-36-17(19)20-7/h1,3,9,11,15,33-34H,2,18H2,(H2,19,20)(H,21,29)(H,31,32)/b24-8+. The van der Waals surface area contributed by atoms with Crippen LogP contribution in [-0.2, 0) is 14.4 Å². The molecule has 1 fully saturated rings. The molecular formula is C17H15N11O5S3. The molecule has 0 aliphatic carbocycles. The van der Waals surface area contributed by atoms with Gasteiger partial charge in [-0.05, 0) is 22.1 Å². The van der Waals surface area contributed by atoms with Gasteiger partial charge in [-0.1, -0.05) is 5.16 Å². The normalized spacial score (nSPS) is 20.8. The number of thioether (sulfide) groups is 1. The fourth-order valence-electron chi connectivity index (χ4n) is 3.77. The number of aliphatic carboxylic acids is 1. The maximum Gasteiger partial charge on any atom is 0.352 e. The summed E-state index contributed by atoms with van der Waals surface area (Å²) < 4.78 is 1.10. The number of carbonyl (C=O) groups is 3. The monoisotopic (exact) mass is 549 g/mol. The molecule has 7 N–H and O–H groups in total. The Morgan fingerprint density at radius 1 is 1.36 bits per heavy atom. The number of nitrogens with zero attached hydrogens (tertiary/aromatic N) is 8. The lowest BCUT2D eigenvalue weighted by Crippen LogP contribution is -2.71. The van der Waals surface area contributed by atoms with Crippen LogP contribution in [0.5, 0.6) is 0 Å². The van der Waals surface area contributed by atoms with Gasteiger partial charge in [0.15, 0.2) is 10.8 Å². The number of rotatable bonds is 6. The molecule has 3 unspecified atom stereocenters. The van der Waals surface area contributed by atoms with Crippen molar-refractivity contribution >= 4 is 75.7 Å². The van der Waals surface area contributed by atoms with Crippen LogP contribution in [0.4, 0.5) is 10.8 Å². The molecule has 3 aromatic heterocycles. The van der Waals surface area contributed by atoms with Gasteiger partial charge in [0.05, 0.1) is 16.6 Å². The Kier molecular flexibility index (Phi) is 5.88.